The lowest BCUT2D eigenvalue weighted by Crippen LogP contribution is -2.08. The van der Waals surface area contributed by atoms with Gasteiger partial charge in [-0.1, -0.05) is 11.6 Å². The van der Waals surface area contributed by atoms with Crippen molar-refractivity contribution in [3.63, 3.8) is 0 Å². The molecule has 0 aliphatic carbocycles. The van der Waals surface area contributed by atoms with Crippen LogP contribution in [0.2, 0.25) is 5.15 Å². The molecular formula is C11H15ClN2O2. The van der Waals surface area contributed by atoms with E-state index in [-0.39, 0.29) is 5.97 Å². The third kappa shape index (κ3) is 4.98. The molecule has 0 saturated carbocycles. The van der Waals surface area contributed by atoms with Crippen LogP contribution in [0.15, 0.2) is 18.3 Å². The molecule has 1 aromatic heterocycles. The summed E-state index contributed by atoms with van der Waals surface area (Å²) in [6.07, 6.45) is 2.83. The van der Waals surface area contributed by atoms with Crippen LogP contribution in [0, 0.1) is 0 Å². The van der Waals surface area contributed by atoms with Crippen molar-refractivity contribution in [3.05, 3.63) is 23.5 Å². The molecular weight excluding hydrogens is 228 g/mol. The molecule has 0 bridgehead atoms. The zero-order valence-corrected chi connectivity index (χ0v) is 9.96. The number of ether oxygens (including phenoxy) is 1. The van der Waals surface area contributed by atoms with Gasteiger partial charge < -0.3 is 10.1 Å². The Hall–Kier alpha value is -1.29. The van der Waals surface area contributed by atoms with Crippen molar-refractivity contribution in [3.8, 4) is 0 Å². The number of hydrogen-bond donors (Lipinski definition) is 1. The largest absolute Gasteiger partial charge is 0.466 e. The minimum Gasteiger partial charge on any atom is -0.466 e. The normalized spacial score (nSPS) is 9.88. The van der Waals surface area contributed by atoms with E-state index in [9.17, 15) is 4.79 Å². The van der Waals surface area contributed by atoms with Gasteiger partial charge in [0.2, 0.25) is 0 Å². The van der Waals surface area contributed by atoms with Crippen molar-refractivity contribution in [2.24, 2.45) is 0 Å². The van der Waals surface area contributed by atoms with Crippen molar-refractivity contribution in [1.82, 2.24) is 4.98 Å². The molecule has 0 unspecified atom stereocenters. The number of aromatic nitrogens is 1. The number of anilines is 1. The standard InChI is InChI=1S/C11H15ClN2O2/c1-2-16-11(15)4-3-7-13-9-5-6-10(12)14-8-9/h5-6,8,13H,2-4,7H2,1H3. The fourth-order valence-corrected chi connectivity index (χ4v) is 1.29. The van der Waals surface area contributed by atoms with Gasteiger partial charge >= 0.3 is 5.97 Å². The number of carbonyl (C=O) groups excluding carboxylic acids is 1. The Balaban J connectivity index is 2.16. The molecule has 1 N–H and O–H groups in total. The van der Waals surface area contributed by atoms with Gasteiger partial charge in [0.15, 0.2) is 0 Å². The first-order valence-corrected chi connectivity index (χ1v) is 5.61. The smallest absolute Gasteiger partial charge is 0.305 e. The zero-order chi connectivity index (χ0) is 11.8. The summed E-state index contributed by atoms with van der Waals surface area (Å²) in [6.45, 7) is 2.95. The molecule has 0 aromatic carbocycles. The molecule has 5 heteroatoms. The van der Waals surface area contributed by atoms with Crippen molar-refractivity contribution in [2.75, 3.05) is 18.5 Å². The highest BCUT2D eigenvalue weighted by atomic mass is 35.5. The fourth-order valence-electron chi connectivity index (χ4n) is 1.18. The number of halogens is 1. The first-order chi connectivity index (χ1) is 7.72. The van der Waals surface area contributed by atoms with Gasteiger partial charge in [-0.15, -0.1) is 0 Å². The predicted octanol–water partition coefficient (Wildman–Crippen LogP) is 2.49. The molecule has 16 heavy (non-hydrogen) atoms. The van der Waals surface area contributed by atoms with E-state index in [1.807, 2.05) is 6.07 Å². The Morgan fingerprint density at radius 2 is 2.38 bits per heavy atom. The summed E-state index contributed by atoms with van der Waals surface area (Å²) in [7, 11) is 0. The van der Waals surface area contributed by atoms with Crippen molar-refractivity contribution in [1.29, 1.82) is 0 Å². The number of nitrogens with zero attached hydrogens (tertiary/aromatic N) is 1. The van der Waals surface area contributed by atoms with Gasteiger partial charge in [-0.05, 0) is 25.5 Å². The van der Waals surface area contributed by atoms with Gasteiger partial charge in [-0.3, -0.25) is 4.79 Å². The maximum atomic E-state index is 11.0. The van der Waals surface area contributed by atoms with Crippen LogP contribution >= 0.6 is 11.6 Å². The minimum absolute atomic E-state index is 0.154. The van der Waals surface area contributed by atoms with E-state index < -0.39 is 0 Å². The molecule has 0 amide bonds. The molecule has 0 saturated heterocycles. The minimum atomic E-state index is -0.154. The van der Waals surface area contributed by atoms with Crippen LogP contribution < -0.4 is 5.32 Å². The SMILES string of the molecule is CCOC(=O)CCCNc1ccc(Cl)nc1. The lowest BCUT2D eigenvalue weighted by atomic mass is 10.3. The zero-order valence-electron chi connectivity index (χ0n) is 9.20. The first-order valence-electron chi connectivity index (χ1n) is 5.23. The highest BCUT2D eigenvalue weighted by molar-refractivity contribution is 6.29. The number of esters is 1. The molecule has 1 aromatic rings. The second kappa shape index (κ2) is 7.06. The second-order valence-electron chi connectivity index (χ2n) is 3.20. The van der Waals surface area contributed by atoms with E-state index in [1.54, 1.807) is 19.2 Å². The van der Waals surface area contributed by atoms with E-state index in [1.165, 1.54) is 0 Å². The number of nitrogens with one attached hydrogen (secondary N) is 1. The lowest BCUT2D eigenvalue weighted by molar-refractivity contribution is -0.143. The van der Waals surface area contributed by atoms with Gasteiger partial charge in [0.25, 0.3) is 0 Å². The fraction of sp³-hybridized carbons (Fsp3) is 0.455. The highest BCUT2D eigenvalue weighted by Gasteiger charge is 2.00. The summed E-state index contributed by atoms with van der Waals surface area (Å²) in [5.41, 5.74) is 0.897. The summed E-state index contributed by atoms with van der Waals surface area (Å²) in [5, 5.41) is 3.61. The molecule has 1 rings (SSSR count). The molecule has 0 radical (unpaired) electrons. The summed E-state index contributed by atoms with van der Waals surface area (Å²) in [6, 6.07) is 3.56. The topological polar surface area (TPSA) is 51.2 Å². The van der Waals surface area contributed by atoms with Crippen LogP contribution in [0.1, 0.15) is 19.8 Å². The van der Waals surface area contributed by atoms with E-state index in [4.69, 9.17) is 16.3 Å². The van der Waals surface area contributed by atoms with Gasteiger partial charge in [-0.25, -0.2) is 4.98 Å². The summed E-state index contributed by atoms with van der Waals surface area (Å²) in [5.74, 6) is -0.154. The molecule has 0 fully saturated rings. The predicted molar refractivity (Wildman–Crippen MR) is 63.6 cm³/mol. The van der Waals surface area contributed by atoms with Gasteiger partial charge in [0, 0.05) is 13.0 Å². The van der Waals surface area contributed by atoms with Crippen LogP contribution in [0.4, 0.5) is 5.69 Å². The van der Waals surface area contributed by atoms with Crippen molar-refractivity contribution >= 4 is 23.3 Å². The Bertz CT molecular complexity index is 327. The third-order valence-electron chi connectivity index (χ3n) is 1.92. The Morgan fingerprint density at radius 1 is 1.56 bits per heavy atom. The maximum Gasteiger partial charge on any atom is 0.305 e. The molecule has 0 aliphatic rings. The molecule has 0 spiro atoms. The summed E-state index contributed by atoms with van der Waals surface area (Å²) in [4.78, 5) is 15.0. The van der Waals surface area contributed by atoms with Crippen molar-refractivity contribution < 1.29 is 9.53 Å². The highest BCUT2D eigenvalue weighted by Crippen LogP contribution is 2.09. The van der Waals surface area contributed by atoms with Gasteiger partial charge in [0.05, 0.1) is 18.5 Å². The van der Waals surface area contributed by atoms with Crippen LogP contribution in [0.3, 0.4) is 0 Å². The average Bonchev–Trinajstić information content (AvgIpc) is 2.27. The van der Waals surface area contributed by atoms with E-state index in [2.05, 4.69) is 10.3 Å². The van der Waals surface area contributed by atoms with Crippen LogP contribution in [-0.4, -0.2) is 24.1 Å². The number of rotatable bonds is 6. The van der Waals surface area contributed by atoms with E-state index in [0.29, 0.717) is 24.7 Å². The van der Waals surface area contributed by atoms with E-state index in [0.717, 1.165) is 12.1 Å². The summed E-state index contributed by atoms with van der Waals surface area (Å²) >= 11 is 5.65. The molecule has 4 nitrogen and oxygen atoms in total. The maximum absolute atomic E-state index is 11.0. The average molecular weight is 243 g/mol. The van der Waals surface area contributed by atoms with Crippen molar-refractivity contribution in [2.45, 2.75) is 19.8 Å². The summed E-state index contributed by atoms with van der Waals surface area (Å²) < 4.78 is 4.81. The number of hydrogen-bond acceptors (Lipinski definition) is 4. The third-order valence-corrected chi connectivity index (χ3v) is 2.14. The first kappa shape index (κ1) is 12.8. The lowest BCUT2D eigenvalue weighted by Gasteiger charge is -2.05. The Morgan fingerprint density at radius 3 is 3.00 bits per heavy atom. The van der Waals surface area contributed by atoms with E-state index >= 15 is 0 Å². The molecule has 0 atom stereocenters. The monoisotopic (exact) mass is 242 g/mol. The van der Waals surface area contributed by atoms with Crippen LogP contribution in [0.25, 0.3) is 0 Å². The number of pyridine rings is 1. The Labute approximate surface area is 100.0 Å². The molecule has 1 heterocycles. The Kier molecular flexibility index (Phi) is 5.64. The molecule has 0 aliphatic heterocycles. The quantitative estimate of drug-likeness (QED) is 0.473. The van der Waals surface area contributed by atoms with Gasteiger partial charge in [-0.2, -0.15) is 0 Å². The van der Waals surface area contributed by atoms with Gasteiger partial charge in [0.1, 0.15) is 5.15 Å². The van der Waals surface area contributed by atoms with Crippen LogP contribution in [-0.2, 0) is 9.53 Å². The molecule has 88 valence electrons. The number of carbonyl (C=O) groups is 1. The second-order valence-corrected chi connectivity index (χ2v) is 3.59. The van der Waals surface area contributed by atoms with Crippen LogP contribution in [0.5, 0.6) is 0 Å².